The minimum atomic E-state index is -0.137. The molecule has 86 valence electrons. The molecule has 0 aliphatic heterocycles. The van der Waals surface area contributed by atoms with E-state index in [9.17, 15) is 4.79 Å². The van der Waals surface area contributed by atoms with E-state index in [2.05, 4.69) is 17.2 Å². The van der Waals surface area contributed by atoms with Gasteiger partial charge in [0.2, 0.25) is 0 Å². The van der Waals surface area contributed by atoms with Crippen LogP contribution in [0.15, 0.2) is 21.9 Å². The molecule has 0 spiro atoms. The van der Waals surface area contributed by atoms with E-state index in [0.717, 1.165) is 6.54 Å². The van der Waals surface area contributed by atoms with Gasteiger partial charge in [-0.3, -0.25) is 4.79 Å². The number of thioether (sulfide) groups is 1. The molecule has 0 aromatic rings. The molecule has 0 radical (unpaired) electrons. The Bertz CT molecular complexity index is 254. The fraction of sp³-hybridized carbons (Fsp3) is 0.500. The van der Waals surface area contributed by atoms with Crippen molar-refractivity contribution in [1.29, 1.82) is 0 Å². The van der Waals surface area contributed by atoms with Gasteiger partial charge in [0.05, 0.1) is 4.91 Å². The molecule has 0 saturated carbocycles. The van der Waals surface area contributed by atoms with E-state index in [1.165, 1.54) is 11.8 Å². The second kappa shape index (κ2) is 8.83. The first-order valence-corrected chi connectivity index (χ1v) is 6.02. The molecule has 0 fully saturated rings. The molecule has 0 aromatic carbocycles. The Morgan fingerprint density at radius 2 is 2.20 bits per heavy atom. The Hall–Kier alpha value is -0.450. The predicted octanol–water partition coefficient (Wildman–Crippen LogP) is 2.06. The summed E-state index contributed by atoms with van der Waals surface area (Å²) in [7, 11) is 1.83. The maximum atomic E-state index is 11.7. The lowest BCUT2D eigenvalue weighted by Crippen LogP contribution is -2.31. The summed E-state index contributed by atoms with van der Waals surface area (Å²) in [6, 6.07) is 0. The van der Waals surface area contributed by atoms with Gasteiger partial charge in [0.15, 0.2) is 0 Å². The van der Waals surface area contributed by atoms with Crippen LogP contribution in [0.4, 0.5) is 0 Å². The van der Waals surface area contributed by atoms with Crippen molar-refractivity contribution in [2.24, 2.45) is 0 Å². The molecule has 0 aliphatic carbocycles. The van der Waals surface area contributed by atoms with Gasteiger partial charge in [0.1, 0.15) is 0 Å². The van der Waals surface area contributed by atoms with E-state index in [1.54, 1.807) is 5.41 Å². The third kappa shape index (κ3) is 5.87. The number of carbonyl (C=O) groups is 1. The predicted molar refractivity (Wildman–Crippen MR) is 67.9 cm³/mol. The van der Waals surface area contributed by atoms with E-state index in [-0.39, 0.29) is 5.91 Å². The third-order valence-electron chi connectivity index (χ3n) is 1.62. The summed E-state index contributed by atoms with van der Waals surface area (Å²) in [5, 5.41) is 7.89. The molecule has 0 heterocycles. The van der Waals surface area contributed by atoms with Crippen LogP contribution < -0.4 is 10.6 Å². The van der Waals surface area contributed by atoms with Crippen molar-refractivity contribution in [2.75, 3.05) is 20.1 Å². The smallest absolute Gasteiger partial charge is 0.259 e. The Kier molecular flexibility index (Phi) is 8.56. The Morgan fingerprint density at radius 1 is 1.53 bits per heavy atom. The summed E-state index contributed by atoms with van der Waals surface area (Å²) in [6.07, 6.45) is 0.650. The van der Waals surface area contributed by atoms with Crippen LogP contribution in [0.2, 0.25) is 0 Å². The van der Waals surface area contributed by atoms with E-state index < -0.39 is 0 Å². The third-order valence-corrected chi connectivity index (χ3v) is 3.03. The summed E-state index contributed by atoms with van der Waals surface area (Å²) in [4.78, 5) is 12.2. The van der Waals surface area contributed by atoms with Crippen molar-refractivity contribution in [1.82, 2.24) is 10.6 Å². The minimum Gasteiger partial charge on any atom is -0.350 e. The van der Waals surface area contributed by atoms with E-state index >= 15 is 0 Å². The van der Waals surface area contributed by atoms with Gasteiger partial charge < -0.3 is 10.6 Å². The van der Waals surface area contributed by atoms with Crippen molar-refractivity contribution < 1.29 is 4.79 Å². The summed E-state index contributed by atoms with van der Waals surface area (Å²) in [6.45, 7) is 6.81. The van der Waals surface area contributed by atoms with Gasteiger partial charge in [0, 0.05) is 18.1 Å². The number of hydrogen-bond donors (Lipinski definition) is 2. The van der Waals surface area contributed by atoms with Crippen LogP contribution in [-0.4, -0.2) is 26.0 Å². The topological polar surface area (TPSA) is 41.1 Å². The number of allylic oxidation sites excluding steroid dienone is 1. The van der Waals surface area contributed by atoms with Gasteiger partial charge in [-0.1, -0.05) is 36.9 Å². The number of hydrogen-bond acceptors (Lipinski definition) is 3. The van der Waals surface area contributed by atoms with E-state index in [1.807, 2.05) is 14.0 Å². The van der Waals surface area contributed by atoms with E-state index in [4.69, 9.17) is 11.6 Å². The summed E-state index contributed by atoms with van der Waals surface area (Å²) in [5.74, 6) is -0.137. The first-order chi connectivity index (χ1) is 7.17. The number of likely N-dealkylation sites (N-methyl/N-ethyl adjacent to an activating group) is 1. The molecule has 2 N–H and O–H groups in total. The standard InChI is InChI=1S/C10H17ClN2OS/c1-4-8(11)9(15-5-2)10(14)13-7-6-12-3/h5,12H,2,4,6-7H2,1,3H3,(H,13,14)/b9-8+. The Labute approximate surface area is 100 Å². The van der Waals surface area contributed by atoms with E-state index in [0.29, 0.717) is 22.9 Å². The van der Waals surface area contributed by atoms with Gasteiger partial charge in [-0.15, -0.1) is 0 Å². The van der Waals surface area contributed by atoms with Crippen molar-refractivity contribution in [2.45, 2.75) is 13.3 Å². The lowest BCUT2D eigenvalue weighted by molar-refractivity contribution is -0.116. The van der Waals surface area contributed by atoms with Crippen molar-refractivity contribution >= 4 is 29.3 Å². The molecule has 0 saturated heterocycles. The average molecular weight is 249 g/mol. The molecule has 0 bridgehead atoms. The van der Waals surface area contributed by atoms with Crippen molar-refractivity contribution in [3.8, 4) is 0 Å². The molecule has 0 atom stereocenters. The van der Waals surface area contributed by atoms with Gasteiger partial charge in [0.25, 0.3) is 5.91 Å². The van der Waals surface area contributed by atoms with Crippen molar-refractivity contribution in [3.63, 3.8) is 0 Å². The highest BCUT2D eigenvalue weighted by Gasteiger charge is 2.12. The maximum absolute atomic E-state index is 11.7. The number of nitrogens with one attached hydrogen (secondary N) is 2. The second-order valence-corrected chi connectivity index (χ2v) is 4.17. The van der Waals surface area contributed by atoms with Crippen LogP contribution in [0.25, 0.3) is 0 Å². The van der Waals surface area contributed by atoms with Crippen LogP contribution in [-0.2, 0) is 4.79 Å². The molecule has 0 unspecified atom stereocenters. The number of halogens is 1. The highest BCUT2D eigenvalue weighted by atomic mass is 35.5. The molecular formula is C10H17ClN2OS. The number of amides is 1. The first-order valence-electron chi connectivity index (χ1n) is 4.76. The van der Waals surface area contributed by atoms with Gasteiger partial charge in [-0.05, 0) is 18.9 Å². The first kappa shape index (κ1) is 14.6. The molecule has 3 nitrogen and oxygen atoms in total. The maximum Gasteiger partial charge on any atom is 0.259 e. The molecule has 1 amide bonds. The average Bonchev–Trinajstić information content (AvgIpc) is 2.25. The van der Waals surface area contributed by atoms with Crippen molar-refractivity contribution in [3.05, 3.63) is 21.9 Å². The zero-order valence-electron chi connectivity index (χ0n) is 9.10. The number of rotatable bonds is 7. The van der Waals surface area contributed by atoms with Crippen LogP contribution in [0.3, 0.4) is 0 Å². The second-order valence-electron chi connectivity index (χ2n) is 2.73. The SMILES string of the molecule is C=CS/C(C(=O)NCCNC)=C(/Cl)CC. The highest BCUT2D eigenvalue weighted by molar-refractivity contribution is 8.06. The fourth-order valence-electron chi connectivity index (χ4n) is 0.866. The van der Waals surface area contributed by atoms with Crippen LogP contribution in [0, 0.1) is 0 Å². The summed E-state index contributed by atoms with van der Waals surface area (Å²) >= 11 is 7.21. The zero-order chi connectivity index (χ0) is 11.7. The summed E-state index contributed by atoms with van der Waals surface area (Å²) in [5.41, 5.74) is 0. The summed E-state index contributed by atoms with van der Waals surface area (Å²) < 4.78 is 0. The monoisotopic (exact) mass is 248 g/mol. The molecule has 0 rings (SSSR count). The van der Waals surface area contributed by atoms with Gasteiger partial charge in [-0.2, -0.15) is 0 Å². The minimum absolute atomic E-state index is 0.137. The Balaban J connectivity index is 4.36. The molecule has 0 aliphatic rings. The molecule has 15 heavy (non-hydrogen) atoms. The highest BCUT2D eigenvalue weighted by Crippen LogP contribution is 2.25. The molecule has 5 heteroatoms. The fourth-order valence-corrected chi connectivity index (χ4v) is 1.70. The van der Waals surface area contributed by atoms with Crippen LogP contribution in [0.5, 0.6) is 0 Å². The van der Waals surface area contributed by atoms with Gasteiger partial charge >= 0.3 is 0 Å². The van der Waals surface area contributed by atoms with Crippen LogP contribution >= 0.6 is 23.4 Å². The Morgan fingerprint density at radius 3 is 2.67 bits per heavy atom. The number of carbonyl (C=O) groups excluding carboxylic acids is 1. The molecule has 0 aromatic heterocycles. The van der Waals surface area contributed by atoms with Crippen LogP contribution in [0.1, 0.15) is 13.3 Å². The zero-order valence-corrected chi connectivity index (χ0v) is 10.7. The lowest BCUT2D eigenvalue weighted by Gasteiger charge is -2.08. The quantitative estimate of drug-likeness (QED) is 0.535. The van der Waals surface area contributed by atoms with Gasteiger partial charge in [-0.25, -0.2) is 0 Å². The largest absolute Gasteiger partial charge is 0.350 e. The lowest BCUT2D eigenvalue weighted by atomic mass is 10.4. The molecular weight excluding hydrogens is 232 g/mol. The normalized spacial score (nSPS) is 11.9.